The van der Waals surface area contributed by atoms with Gasteiger partial charge in [0.15, 0.2) is 11.3 Å². The normalized spacial score (nSPS) is 10.8. The predicted octanol–water partition coefficient (Wildman–Crippen LogP) is 9.19. The van der Waals surface area contributed by atoms with Gasteiger partial charge in [0.25, 0.3) is 0 Å². The number of halogens is 3. The first kappa shape index (κ1) is 26.9. The second-order valence-corrected chi connectivity index (χ2v) is 10.6. The van der Waals surface area contributed by atoms with E-state index in [-0.39, 0.29) is 0 Å². The van der Waals surface area contributed by atoms with Crippen LogP contribution in [0.1, 0.15) is 0 Å². The van der Waals surface area contributed by atoms with Gasteiger partial charge in [-0.1, -0.05) is 118 Å². The summed E-state index contributed by atoms with van der Waals surface area (Å²) in [6.07, 6.45) is 5.26. The number of rotatable bonds is 1. The van der Waals surface area contributed by atoms with E-state index in [4.69, 9.17) is 23.2 Å². The maximum Gasteiger partial charge on any atom is 0.154 e. The molecule has 0 unspecified atom stereocenters. The van der Waals surface area contributed by atoms with Crippen molar-refractivity contribution in [1.29, 1.82) is 0 Å². The first-order chi connectivity index (χ1) is 20.1. The highest BCUT2D eigenvalue weighted by molar-refractivity contribution is 9.10. The fourth-order valence-electron chi connectivity index (χ4n) is 4.46. The molecule has 0 atom stereocenters. The summed E-state index contributed by atoms with van der Waals surface area (Å²) < 4.78 is 4.57. The Bertz CT molecular complexity index is 2110. The molecule has 4 aromatic heterocycles. The number of aromatic nitrogens is 6. The van der Waals surface area contributed by atoms with E-state index in [1.807, 2.05) is 48.7 Å². The topological polar surface area (TPSA) is 60.4 Å². The monoisotopic (exact) mass is 638 g/mol. The summed E-state index contributed by atoms with van der Waals surface area (Å²) in [5.74, 6) is 0. The molecule has 6 nitrogen and oxygen atoms in total. The van der Waals surface area contributed by atoms with Crippen LogP contribution < -0.4 is 0 Å². The highest BCUT2D eigenvalue weighted by Gasteiger charge is 2.10. The highest BCUT2D eigenvalue weighted by atomic mass is 79.9. The van der Waals surface area contributed by atoms with Crippen LogP contribution >= 0.6 is 39.1 Å². The lowest BCUT2D eigenvalue weighted by Gasteiger charge is -2.06. The molecule has 41 heavy (non-hydrogen) atoms. The van der Waals surface area contributed by atoms with Gasteiger partial charge in [0.1, 0.15) is 10.3 Å². The Morgan fingerprint density at radius 3 is 2.00 bits per heavy atom. The quantitative estimate of drug-likeness (QED) is 0.180. The summed E-state index contributed by atoms with van der Waals surface area (Å²) in [7, 11) is 0. The number of nitrogens with zero attached hydrogens (tertiary/aromatic N) is 6. The molecule has 4 heterocycles. The Morgan fingerprint density at radius 2 is 1.22 bits per heavy atom. The van der Waals surface area contributed by atoms with E-state index in [1.54, 1.807) is 33.6 Å². The smallest absolute Gasteiger partial charge is 0.154 e. The maximum absolute atomic E-state index is 5.99. The van der Waals surface area contributed by atoms with Crippen molar-refractivity contribution in [3.05, 3.63) is 143 Å². The SMILES string of the molecule is Brc1cccc2ccccc12.Clc1ccc2ncc(-c3cccc4ccccc34)n2n1.Clc1ccc2nccn2n1. The van der Waals surface area contributed by atoms with Crippen molar-refractivity contribution >= 4 is 72.0 Å². The number of hydrogen-bond acceptors (Lipinski definition) is 4. The Morgan fingerprint density at radius 1 is 0.585 bits per heavy atom. The summed E-state index contributed by atoms with van der Waals surface area (Å²) in [6.45, 7) is 0. The van der Waals surface area contributed by atoms with Crippen molar-refractivity contribution < 1.29 is 0 Å². The second kappa shape index (κ2) is 12.1. The van der Waals surface area contributed by atoms with Gasteiger partial charge in [0, 0.05) is 22.4 Å². The van der Waals surface area contributed by atoms with E-state index in [9.17, 15) is 0 Å². The third-order valence-electron chi connectivity index (χ3n) is 6.35. The summed E-state index contributed by atoms with van der Waals surface area (Å²) in [6, 6.07) is 36.2. The Labute approximate surface area is 254 Å². The van der Waals surface area contributed by atoms with Crippen LogP contribution in [0.4, 0.5) is 0 Å². The van der Waals surface area contributed by atoms with Gasteiger partial charge in [-0.25, -0.2) is 19.0 Å². The number of benzene rings is 4. The minimum Gasteiger partial charge on any atom is -0.236 e. The molecule has 0 amide bonds. The van der Waals surface area contributed by atoms with Crippen molar-refractivity contribution in [3.63, 3.8) is 0 Å². The van der Waals surface area contributed by atoms with Crippen LogP contribution in [0.5, 0.6) is 0 Å². The first-order valence-corrected chi connectivity index (χ1v) is 14.2. The van der Waals surface area contributed by atoms with Crippen LogP contribution in [0.2, 0.25) is 10.3 Å². The molecule has 4 aromatic carbocycles. The molecule has 8 rings (SSSR count). The molecule has 0 aliphatic heterocycles. The first-order valence-electron chi connectivity index (χ1n) is 12.6. The zero-order valence-electron chi connectivity index (χ0n) is 21.4. The van der Waals surface area contributed by atoms with E-state index >= 15 is 0 Å². The third-order valence-corrected chi connectivity index (χ3v) is 7.45. The van der Waals surface area contributed by atoms with Gasteiger partial charge in [-0.05, 0) is 51.9 Å². The number of imidazole rings is 2. The zero-order valence-corrected chi connectivity index (χ0v) is 24.5. The molecule has 0 bridgehead atoms. The van der Waals surface area contributed by atoms with Crippen molar-refractivity contribution in [2.45, 2.75) is 0 Å². The molecule has 0 aliphatic carbocycles. The van der Waals surface area contributed by atoms with Gasteiger partial charge in [-0.2, -0.15) is 10.2 Å². The number of fused-ring (bicyclic) bond motifs is 4. The molecule has 8 aromatic rings. The minimum absolute atomic E-state index is 0.456. The Hall–Kier alpha value is -4.30. The van der Waals surface area contributed by atoms with Crippen LogP contribution in [0, 0.1) is 0 Å². The third kappa shape index (κ3) is 5.93. The fraction of sp³-hybridized carbons (Fsp3) is 0. The summed E-state index contributed by atoms with van der Waals surface area (Å²) >= 11 is 15.1. The van der Waals surface area contributed by atoms with E-state index in [0.29, 0.717) is 10.3 Å². The molecule has 0 radical (unpaired) electrons. The Kier molecular flexibility index (Phi) is 7.91. The molecule has 0 saturated heterocycles. The summed E-state index contributed by atoms with van der Waals surface area (Å²) in [5.41, 5.74) is 3.64. The van der Waals surface area contributed by atoms with Crippen LogP contribution in [0.15, 0.2) is 132 Å². The highest BCUT2D eigenvalue weighted by Crippen LogP contribution is 2.29. The van der Waals surface area contributed by atoms with Crippen LogP contribution in [0.25, 0.3) is 44.1 Å². The summed E-state index contributed by atoms with van der Waals surface area (Å²) in [5, 5.41) is 14.2. The van der Waals surface area contributed by atoms with Crippen molar-refractivity contribution in [2.24, 2.45) is 0 Å². The van der Waals surface area contributed by atoms with Crippen molar-refractivity contribution in [3.8, 4) is 11.3 Å². The van der Waals surface area contributed by atoms with Crippen LogP contribution in [-0.4, -0.2) is 29.2 Å². The van der Waals surface area contributed by atoms with Gasteiger partial charge in [0.2, 0.25) is 0 Å². The average molecular weight is 640 g/mol. The van der Waals surface area contributed by atoms with E-state index in [1.165, 1.54) is 21.5 Å². The van der Waals surface area contributed by atoms with Gasteiger partial charge in [-0.3, -0.25) is 0 Å². The Balaban J connectivity index is 0.000000122. The van der Waals surface area contributed by atoms with Gasteiger partial charge in [0.05, 0.1) is 11.9 Å². The fourth-order valence-corrected chi connectivity index (χ4v) is 5.26. The van der Waals surface area contributed by atoms with Crippen LogP contribution in [0.3, 0.4) is 0 Å². The molecule has 0 spiro atoms. The molecular weight excluding hydrogens is 619 g/mol. The van der Waals surface area contributed by atoms with E-state index in [2.05, 4.69) is 90.7 Å². The lowest BCUT2D eigenvalue weighted by molar-refractivity contribution is 0.936. The zero-order chi connectivity index (χ0) is 28.2. The molecule has 200 valence electrons. The number of hydrogen-bond donors (Lipinski definition) is 0. The van der Waals surface area contributed by atoms with Crippen LogP contribution in [-0.2, 0) is 0 Å². The standard InChI is InChI=1S/C16H10ClN3.C10H7Br.C6H4ClN3/c17-15-8-9-16-18-10-14(20(16)19-15)13-7-3-5-11-4-1-2-6-12(11)13;11-10-7-3-5-8-4-1-2-6-9(8)10;7-5-1-2-6-8-3-4-10(6)9-5/h1-10H;1-7H;1-4H. The maximum atomic E-state index is 5.99. The van der Waals surface area contributed by atoms with E-state index in [0.717, 1.165) is 27.0 Å². The molecule has 0 aliphatic rings. The van der Waals surface area contributed by atoms with Gasteiger partial charge in [-0.15, -0.1) is 0 Å². The molecular formula is C32H21BrCl2N6. The lowest BCUT2D eigenvalue weighted by atomic mass is 10.0. The molecule has 0 fully saturated rings. The molecule has 0 N–H and O–H groups in total. The predicted molar refractivity (Wildman–Crippen MR) is 171 cm³/mol. The minimum atomic E-state index is 0.456. The van der Waals surface area contributed by atoms with Gasteiger partial charge < -0.3 is 0 Å². The molecule has 9 heteroatoms. The van der Waals surface area contributed by atoms with Crippen molar-refractivity contribution in [1.82, 2.24) is 29.2 Å². The lowest BCUT2D eigenvalue weighted by Crippen LogP contribution is -1.94. The largest absolute Gasteiger partial charge is 0.236 e. The van der Waals surface area contributed by atoms with Crippen molar-refractivity contribution in [2.75, 3.05) is 0 Å². The second-order valence-electron chi connectivity index (χ2n) is 8.94. The summed E-state index contributed by atoms with van der Waals surface area (Å²) in [4.78, 5) is 8.39. The van der Waals surface area contributed by atoms with E-state index < -0.39 is 0 Å². The average Bonchev–Trinajstić information content (AvgIpc) is 3.64. The molecule has 0 saturated carbocycles. The van der Waals surface area contributed by atoms with Gasteiger partial charge >= 0.3 is 0 Å².